The zero-order valence-corrected chi connectivity index (χ0v) is 13.9. The first-order chi connectivity index (χ1) is 10.6. The normalized spacial score (nSPS) is 10.8. The molecule has 0 unspecified atom stereocenters. The van der Waals surface area contributed by atoms with Gasteiger partial charge in [-0.05, 0) is 24.1 Å². The third-order valence-corrected chi connectivity index (χ3v) is 5.20. The van der Waals surface area contributed by atoms with Gasteiger partial charge in [0, 0.05) is 26.8 Å². The van der Waals surface area contributed by atoms with Crippen molar-refractivity contribution in [2.75, 3.05) is 0 Å². The first-order valence-corrected chi connectivity index (χ1v) is 8.59. The van der Waals surface area contributed by atoms with Crippen LogP contribution in [0.5, 0.6) is 0 Å². The Morgan fingerprint density at radius 1 is 0.870 bits per heavy atom. The molecule has 1 aromatic carbocycles. The molecular formula is C14H16F2O6Si. The molecule has 9 heteroatoms. The highest BCUT2D eigenvalue weighted by Gasteiger charge is 2.51. The summed E-state index contributed by atoms with van der Waals surface area (Å²) in [5.74, 6) is -3.96. The largest absolute Gasteiger partial charge is 0.705 e. The smallest absolute Gasteiger partial charge is 0.455 e. The van der Waals surface area contributed by atoms with Gasteiger partial charge < -0.3 is 13.3 Å². The Labute approximate surface area is 132 Å². The zero-order chi connectivity index (χ0) is 17.6. The van der Waals surface area contributed by atoms with Crippen molar-refractivity contribution in [1.82, 2.24) is 0 Å². The molecule has 0 aliphatic heterocycles. The van der Waals surface area contributed by atoms with Gasteiger partial charge in [0.15, 0.2) is 0 Å². The molecule has 126 valence electrons. The van der Waals surface area contributed by atoms with Crippen LogP contribution in [-0.2, 0) is 34.1 Å². The third kappa shape index (κ3) is 6.55. The van der Waals surface area contributed by atoms with Gasteiger partial charge in [-0.25, -0.2) is 8.78 Å². The topological polar surface area (TPSA) is 78.9 Å². The molecular weight excluding hydrogens is 330 g/mol. The lowest BCUT2D eigenvalue weighted by Gasteiger charge is -2.26. The highest BCUT2D eigenvalue weighted by Crippen LogP contribution is 2.21. The number of carbonyl (C=O) groups is 3. The highest BCUT2D eigenvalue weighted by molar-refractivity contribution is 6.65. The van der Waals surface area contributed by atoms with Crippen LogP contribution in [0, 0.1) is 11.6 Å². The van der Waals surface area contributed by atoms with E-state index in [1.54, 1.807) is 0 Å². The van der Waals surface area contributed by atoms with Gasteiger partial charge in [-0.1, -0.05) is 0 Å². The van der Waals surface area contributed by atoms with Gasteiger partial charge in [0.2, 0.25) is 0 Å². The van der Waals surface area contributed by atoms with Gasteiger partial charge in [0.05, 0.1) is 6.04 Å². The Morgan fingerprint density at radius 2 is 1.26 bits per heavy atom. The second-order valence-electron chi connectivity index (χ2n) is 4.74. The number of rotatable bonds is 6. The number of hydrogen-bond donors (Lipinski definition) is 0. The molecule has 0 saturated carbocycles. The molecule has 0 saturated heterocycles. The summed E-state index contributed by atoms with van der Waals surface area (Å²) in [5.41, 5.74) is 0.242. The summed E-state index contributed by atoms with van der Waals surface area (Å²) in [4.78, 5) is 33.8. The van der Waals surface area contributed by atoms with Gasteiger partial charge in [-0.2, -0.15) is 0 Å². The van der Waals surface area contributed by atoms with Crippen molar-refractivity contribution in [3.05, 3.63) is 35.4 Å². The Morgan fingerprint density at radius 3 is 1.61 bits per heavy atom. The van der Waals surface area contributed by atoms with E-state index in [-0.39, 0.29) is 18.0 Å². The van der Waals surface area contributed by atoms with Crippen molar-refractivity contribution >= 4 is 26.7 Å². The second-order valence-corrected chi connectivity index (χ2v) is 7.22. The highest BCUT2D eigenvalue weighted by atomic mass is 28.4. The van der Waals surface area contributed by atoms with Crippen LogP contribution in [0.25, 0.3) is 0 Å². The molecule has 0 spiro atoms. The summed E-state index contributed by atoms with van der Waals surface area (Å²) in [5, 5.41) is 0. The van der Waals surface area contributed by atoms with Crippen LogP contribution in [0.4, 0.5) is 8.78 Å². The van der Waals surface area contributed by atoms with E-state index in [1.165, 1.54) is 0 Å². The summed E-state index contributed by atoms with van der Waals surface area (Å²) in [6, 6.07) is 2.68. The molecule has 0 aliphatic carbocycles. The predicted molar refractivity (Wildman–Crippen MR) is 75.9 cm³/mol. The lowest BCUT2D eigenvalue weighted by Crippen LogP contribution is -2.49. The minimum Gasteiger partial charge on any atom is -0.455 e. The van der Waals surface area contributed by atoms with Crippen molar-refractivity contribution in [3.8, 4) is 0 Å². The minimum absolute atomic E-state index is 0.0191. The lowest BCUT2D eigenvalue weighted by molar-refractivity contribution is -0.147. The first-order valence-electron chi connectivity index (χ1n) is 6.65. The summed E-state index contributed by atoms with van der Waals surface area (Å²) < 4.78 is 41.3. The quantitative estimate of drug-likeness (QED) is 0.734. The fraction of sp³-hybridized carbons (Fsp3) is 0.357. The van der Waals surface area contributed by atoms with E-state index in [4.69, 9.17) is 13.3 Å². The average Bonchev–Trinajstić information content (AvgIpc) is 2.32. The van der Waals surface area contributed by atoms with E-state index in [0.29, 0.717) is 6.07 Å². The van der Waals surface area contributed by atoms with Gasteiger partial charge in [-0.3, -0.25) is 14.4 Å². The second kappa shape index (κ2) is 7.81. The number of aryl methyl sites for hydroxylation is 1. The maximum atomic E-state index is 13.2. The third-order valence-electron chi connectivity index (χ3n) is 2.54. The van der Waals surface area contributed by atoms with Gasteiger partial charge in [-0.15, -0.1) is 0 Å². The summed E-state index contributed by atoms with van der Waals surface area (Å²) in [6.07, 6.45) is -0.0191. The van der Waals surface area contributed by atoms with E-state index in [2.05, 4.69) is 0 Å². The Bertz CT molecular complexity index is 558. The fourth-order valence-corrected chi connectivity index (χ4v) is 4.27. The van der Waals surface area contributed by atoms with E-state index in [1.807, 2.05) is 0 Å². The Balaban J connectivity index is 3.03. The molecule has 23 heavy (non-hydrogen) atoms. The molecule has 0 aromatic heterocycles. The van der Waals surface area contributed by atoms with Crippen molar-refractivity contribution in [2.24, 2.45) is 0 Å². The molecule has 0 atom stereocenters. The molecule has 0 bridgehead atoms. The number of benzene rings is 1. The SMILES string of the molecule is CC(=O)O[Si](CCc1cc(F)cc(F)c1)(OC(C)=O)OC(C)=O. The van der Waals surface area contributed by atoms with E-state index in [9.17, 15) is 23.2 Å². The summed E-state index contributed by atoms with van der Waals surface area (Å²) in [6.45, 7) is 3.20. The molecule has 1 rings (SSSR count). The Hall–Kier alpha value is -2.29. The van der Waals surface area contributed by atoms with Crippen LogP contribution < -0.4 is 0 Å². The minimum atomic E-state index is -4.00. The maximum absolute atomic E-state index is 13.2. The molecule has 0 aliphatic rings. The average molecular weight is 346 g/mol. The summed E-state index contributed by atoms with van der Waals surface area (Å²) >= 11 is 0. The molecule has 0 amide bonds. The van der Waals surface area contributed by atoms with Gasteiger partial charge in [0.1, 0.15) is 11.6 Å². The Kier molecular flexibility index (Phi) is 6.37. The molecule has 0 fully saturated rings. The van der Waals surface area contributed by atoms with E-state index < -0.39 is 38.3 Å². The van der Waals surface area contributed by atoms with Crippen molar-refractivity contribution in [2.45, 2.75) is 33.2 Å². The monoisotopic (exact) mass is 346 g/mol. The lowest BCUT2D eigenvalue weighted by atomic mass is 10.2. The molecule has 0 radical (unpaired) electrons. The van der Waals surface area contributed by atoms with Gasteiger partial charge >= 0.3 is 8.80 Å². The predicted octanol–water partition coefficient (Wildman–Crippen LogP) is 2.14. The van der Waals surface area contributed by atoms with Crippen molar-refractivity contribution in [1.29, 1.82) is 0 Å². The van der Waals surface area contributed by atoms with Crippen LogP contribution in [-0.4, -0.2) is 26.7 Å². The van der Waals surface area contributed by atoms with Crippen molar-refractivity contribution in [3.63, 3.8) is 0 Å². The van der Waals surface area contributed by atoms with Crippen LogP contribution in [0.15, 0.2) is 18.2 Å². The molecule has 1 aromatic rings. The van der Waals surface area contributed by atoms with E-state index >= 15 is 0 Å². The van der Waals surface area contributed by atoms with Crippen LogP contribution in [0.2, 0.25) is 6.04 Å². The fourth-order valence-electron chi connectivity index (χ4n) is 1.93. The molecule has 0 N–H and O–H groups in total. The van der Waals surface area contributed by atoms with Crippen LogP contribution >= 0.6 is 0 Å². The first kappa shape index (κ1) is 18.8. The number of hydrogen-bond acceptors (Lipinski definition) is 6. The molecule has 6 nitrogen and oxygen atoms in total. The van der Waals surface area contributed by atoms with Crippen LogP contribution in [0.1, 0.15) is 26.3 Å². The number of halogens is 2. The summed E-state index contributed by atoms with van der Waals surface area (Å²) in [7, 11) is -4.00. The number of carbonyl (C=O) groups excluding carboxylic acids is 3. The molecule has 0 heterocycles. The standard InChI is InChI=1S/C14H16F2O6Si/c1-9(17)20-23(21-10(2)18,22-11(3)19)5-4-12-6-13(15)8-14(16)7-12/h6-8H,4-5H2,1-3H3. The maximum Gasteiger partial charge on any atom is 0.705 e. The van der Waals surface area contributed by atoms with E-state index in [0.717, 1.165) is 32.9 Å². The van der Waals surface area contributed by atoms with Gasteiger partial charge in [0.25, 0.3) is 17.9 Å². The van der Waals surface area contributed by atoms with Crippen LogP contribution in [0.3, 0.4) is 0 Å². The van der Waals surface area contributed by atoms with Crippen molar-refractivity contribution < 1.29 is 36.4 Å². The zero-order valence-electron chi connectivity index (χ0n) is 12.9.